The molecule has 0 aliphatic carbocycles. The van der Waals surface area contributed by atoms with E-state index in [4.69, 9.17) is 15.9 Å². The highest BCUT2D eigenvalue weighted by atomic mass is 79.9. The summed E-state index contributed by atoms with van der Waals surface area (Å²) in [4.78, 5) is 0. The number of nitrogens with two attached hydrogens (primary N) is 1. The van der Waals surface area contributed by atoms with E-state index in [1.807, 2.05) is 6.07 Å². The summed E-state index contributed by atoms with van der Waals surface area (Å²) in [5, 5.41) is 7.22. The highest BCUT2D eigenvalue weighted by Crippen LogP contribution is 2.27. The van der Waals surface area contributed by atoms with Crippen LogP contribution in [0.4, 0.5) is 4.39 Å². The fourth-order valence-corrected chi connectivity index (χ4v) is 1.79. The fraction of sp³-hybridized carbons (Fsp3) is 0. The van der Waals surface area contributed by atoms with Crippen LogP contribution in [0.2, 0.25) is 0 Å². The predicted molar refractivity (Wildman–Crippen MR) is 78.9 cm³/mol. The number of rotatable bonds is 3. The van der Waals surface area contributed by atoms with Crippen molar-refractivity contribution in [3.63, 3.8) is 0 Å². The van der Waals surface area contributed by atoms with Crippen molar-refractivity contribution in [2.45, 2.75) is 0 Å². The number of benzene rings is 2. The van der Waals surface area contributed by atoms with E-state index in [2.05, 4.69) is 15.9 Å². The Labute approximate surface area is 124 Å². The number of ether oxygens (including phenoxy) is 1. The average Bonchev–Trinajstić information content (AvgIpc) is 2.31. The van der Waals surface area contributed by atoms with E-state index >= 15 is 0 Å². The molecule has 3 N–H and O–H groups in total. The third-order valence-corrected chi connectivity index (χ3v) is 2.76. The van der Waals surface area contributed by atoms with E-state index in [0.29, 0.717) is 11.3 Å². The van der Waals surface area contributed by atoms with Crippen molar-refractivity contribution in [3.05, 3.63) is 58.3 Å². The van der Waals surface area contributed by atoms with E-state index in [1.165, 1.54) is 12.1 Å². The topological polar surface area (TPSA) is 59.1 Å². The molecule has 0 unspecified atom stereocenters. The van der Waals surface area contributed by atoms with Gasteiger partial charge in [0, 0.05) is 10.0 Å². The van der Waals surface area contributed by atoms with Gasteiger partial charge in [-0.2, -0.15) is 0 Å². The normalized spacial score (nSPS) is 9.58. The molecule has 0 fully saturated rings. The Morgan fingerprint density at radius 1 is 1.21 bits per heavy atom. The maximum Gasteiger partial charge on any atom is 0.166 e. The van der Waals surface area contributed by atoms with Gasteiger partial charge in [-0.05, 0) is 36.4 Å². The summed E-state index contributed by atoms with van der Waals surface area (Å²) in [7, 11) is 0. The van der Waals surface area contributed by atoms with Gasteiger partial charge in [0.1, 0.15) is 11.6 Å². The van der Waals surface area contributed by atoms with Gasteiger partial charge in [0.2, 0.25) is 0 Å². The largest absolute Gasteiger partial charge is 0.454 e. The van der Waals surface area contributed by atoms with Crippen LogP contribution in [0, 0.1) is 11.2 Å². The van der Waals surface area contributed by atoms with Crippen LogP contribution >= 0.6 is 28.3 Å². The van der Waals surface area contributed by atoms with E-state index in [-0.39, 0.29) is 24.0 Å². The number of amidine groups is 1. The molecule has 0 atom stereocenters. The Morgan fingerprint density at radius 3 is 2.53 bits per heavy atom. The second-order valence-electron chi connectivity index (χ2n) is 3.62. The quantitative estimate of drug-likeness (QED) is 0.650. The van der Waals surface area contributed by atoms with Crippen LogP contribution in [0.15, 0.2) is 46.9 Å². The zero-order valence-corrected chi connectivity index (χ0v) is 12.1. The molecule has 0 bridgehead atoms. The standard InChI is InChI=1S/C13H10BrFN2O.ClH/c14-9-2-1-3-10(7-9)18-12-5-4-8(13(16)17)6-11(12)15;/h1-7H,(H3,16,17);1H. The van der Waals surface area contributed by atoms with Crippen molar-refractivity contribution in [1.82, 2.24) is 0 Å². The lowest BCUT2D eigenvalue weighted by Crippen LogP contribution is -2.11. The Bertz CT molecular complexity index is 607. The van der Waals surface area contributed by atoms with Gasteiger partial charge in [0.25, 0.3) is 0 Å². The van der Waals surface area contributed by atoms with Crippen molar-refractivity contribution in [3.8, 4) is 11.5 Å². The average molecular weight is 346 g/mol. The first-order valence-electron chi connectivity index (χ1n) is 5.13. The fourth-order valence-electron chi connectivity index (χ4n) is 1.41. The Hall–Kier alpha value is -1.59. The first-order chi connectivity index (χ1) is 8.56. The molecule has 0 spiro atoms. The minimum absolute atomic E-state index is 0. The molecule has 2 rings (SSSR count). The minimum Gasteiger partial charge on any atom is -0.454 e. The molecule has 0 radical (unpaired) electrons. The van der Waals surface area contributed by atoms with Gasteiger partial charge >= 0.3 is 0 Å². The molecule has 2 aromatic carbocycles. The zero-order valence-electron chi connectivity index (χ0n) is 9.69. The number of hydrogen-bond acceptors (Lipinski definition) is 2. The van der Waals surface area contributed by atoms with Gasteiger partial charge < -0.3 is 10.5 Å². The first kappa shape index (κ1) is 15.5. The van der Waals surface area contributed by atoms with E-state index in [1.54, 1.807) is 24.3 Å². The highest BCUT2D eigenvalue weighted by molar-refractivity contribution is 9.10. The van der Waals surface area contributed by atoms with Crippen molar-refractivity contribution < 1.29 is 9.13 Å². The van der Waals surface area contributed by atoms with Gasteiger partial charge in [-0.3, -0.25) is 5.41 Å². The molecule has 19 heavy (non-hydrogen) atoms. The Kier molecular flexibility index (Phi) is 5.32. The molecule has 0 amide bonds. The molecular formula is C13H11BrClFN2O. The minimum atomic E-state index is -0.553. The van der Waals surface area contributed by atoms with Crippen molar-refractivity contribution in [2.24, 2.45) is 5.73 Å². The molecule has 0 saturated carbocycles. The second-order valence-corrected chi connectivity index (χ2v) is 4.53. The Morgan fingerprint density at radius 2 is 1.95 bits per heavy atom. The Balaban J connectivity index is 0.00000180. The molecule has 3 nitrogen and oxygen atoms in total. The molecule has 0 aromatic heterocycles. The van der Waals surface area contributed by atoms with E-state index in [9.17, 15) is 4.39 Å². The monoisotopic (exact) mass is 344 g/mol. The van der Waals surface area contributed by atoms with Gasteiger partial charge in [0.15, 0.2) is 11.6 Å². The molecule has 0 aliphatic rings. The van der Waals surface area contributed by atoms with Crippen LogP contribution in [-0.4, -0.2) is 5.84 Å². The molecule has 6 heteroatoms. The number of hydrogen-bond donors (Lipinski definition) is 2. The summed E-state index contributed by atoms with van der Waals surface area (Å²) in [6.45, 7) is 0. The van der Waals surface area contributed by atoms with Crippen LogP contribution < -0.4 is 10.5 Å². The summed E-state index contributed by atoms with van der Waals surface area (Å²) in [5.74, 6) is -0.109. The summed E-state index contributed by atoms with van der Waals surface area (Å²) < 4.78 is 20.0. The molecule has 0 aliphatic heterocycles. The number of nitrogen functional groups attached to an aromatic ring is 1. The molecule has 0 saturated heterocycles. The lowest BCUT2D eigenvalue weighted by atomic mass is 10.2. The van der Waals surface area contributed by atoms with Crippen LogP contribution in [-0.2, 0) is 0 Å². The van der Waals surface area contributed by atoms with Crippen molar-refractivity contribution in [2.75, 3.05) is 0 Å². The van der Waals surface area contributed by atoms with Crippen LogP contribution in [0.25, 0.3) is 0 Å². The number of halogens is 3. The van der Waals surface area contributed by atoms with Gasteiger partial charge in [0.05, 0.1) is 0 Å². The third-order valence-electron chi connectivity index (χ3n) is 2.27. The van der Waals surface area contributed by atoms with Crippen LogP contribution in [0.5, 0.6) is 11.5 Å². The predicted octanol–water partition coefficient (Wildman–Crippen LogP) is 4.09. The maximum absolute atomic E-state index is 13.7. The van der Waals surface area contributed by atoms with E-state index in [0.717, 1.165) is 4.47 Å². The van der Waals surface area contributed by atoms with Gasteiger partial charge in [-0.15, -0.1) is 12.4 Å². The summed E-state index contributed by atoms with van der Waals surface area (Å²) in [6.07, 6.45) is 0. The smallest absolute Gasteiger partial charge is 0.166 e. The summed E-state index contributed by atoms with van der Waals surface area (Å²) in [5.41, 5.74) is 5.60. The van der Waals surface area contributed by atoms with Crippen LogP contribution in [0.3, 0.4) is 0 Å². The van der Waals surface area contributed by atoms with Crippen LogP contribution in [0.1, 0.15) is 5.56 Å². The number of nitrogens with one attached hydrogen (secondary N) is 1. The maximum atomic E-state index is 13.7. The lowest BCUT2D eigenvalue weighted by Gasteiger charge is -2.08. The molecule has 100 valence electrons. The molecule has 0 heterocycles. The summed E-state index contributed by atoms with van der Waals surface area (Å²) >= 11 is 3.31. The SMILES string of the molecule is Cl.N=C(N)c1ccc(Oc2cccc(Br)c2)c(F)c1. The summed E-state index contributed by atoms with van der Waals surface area (Å²) in [6, 6.07) is 11.3. The first-order valence-corrected chi connectivity index (χ1v) is 5.93. The molecular weight excluding hydrogens is 335 g/mol. The lowest BCUT2D eigenvalue weighted by molar-refractivity contribution is 0.442. The van der Waals surface area contributed by atoms with Crippen molar-refractivity contribution in [1.29, 1.82) is 5.41 Å². The van der Waals surface area contributed by atoms with Crippen molar-refractivity contribution >= 4 is 34.2 Å². The second kappa shape index (κ2) is 6.54. The van der Waals surface area contributed by atoms with Gasteiger partial charge in [-0.1, -0.05) is 22.0 Å². The van der Waals surface area contributed by atoms with E-state index < -0.39 is 5.82 Å². The highest BCUT2D eigenvalue weighted by Gasteiger charge is 2.07. The van der Waals surface area contributed by atoms with Gasteiger partial charge in [-0.25, -0.2) is 4.39 Å². The third kappa shape index (κ3) is 3.94. The molecule has 2 aromatic rings. The zero-order chi connectivity index (χ0) is 13.1.